The summed E-state index contributed by atoms with van der Waals surface area (Å²) in [5.74, 6) is -0.465. The van der Waals surface area contributed by atoms with Crippen molar-refractivity contribution in [1.82, 2.24) is 15.6 Å². The van der Waals surface area contributed by atoms with Crippen LogP contribution in [0.1, 0.15) is 18.1 Å². The van der Waals surface area contributed by atoms with E-state index >= 15 is 0 Å². The molecule has 7 heteroatoms. The van der Waals surface area contributed by atoms with E-state index in [1.54, 1.807) is 12.3 Å². The smallest absolute Gasteiger partial charge is 0.191 e. The summed E-state index contributed by atoms with van der Waals surface area (Å²) < 4.78 is 27.2. The minimum absolute atomic E-state index is 0.0642. The first-order valence-electron chi connectivity index (χ1n) is 8.15. The van der Waals surface area contributed by atoms with Gasteiger partial charge in [0.2, 0.25) is 0 Å². The van der Waals surface area contributed by atoms with E-state index in [2.05, 4.69) is 20.6 Å². The molecule has 25 heavy (non-hydrogen) atoms. The third-order valence-corrected chi connectivity index (χ3v) is 3.76. The highest BCUT2D eigenvalue weighted by Crippen LogP contribution is 2.12. The van der Waals surface area contributed by atoms with Gasteiger partial charge in [0.25, 0.3) is 0 Å². The van der Waals surface area contributed by atoms with Crippen LogP contribution >= 0.6 is 11.6 Å². The van der Waals surface area contributed by atoms with Crippen molar-refractivity contribution in [2.24, 2.45) is 4.99 Å². The minimum Gasteiger partial charge on any atom is -0.357 e. The Morgan fingerprint density at radius 2 is 1.88 bits per heavy atom. The van der Waals surface area contributed by atoms with E-state index in [1.165, 1.54) is 18.2 Å². The highest BCUT2D eigenvalue weighted by atomic mass is 35.5. The number of nitrogens with one attached hydrogen (secondary N) is 2. The second kappa shape index (κ2) is 9.93. The van der Waals surface area contributed by atoms with Crippen LogP contribution in [0.15, 0.2) is 41.5 Å². The van der Waals surface area contributed by atoms with E-state index in [9.17, 15) is 8.78 Å². The standard InChI is InChI=1S/C18H21ClF2N4/c1-2-22-18(23-10-8-13-6-7-17(19)25-12-13)24-11-9-14-15(20)4-3-5-16(14)21/h3-7,12H,2,8-11H2,1H3,(H2,22,23,24). The minimum atomic E-state index is -0.539. The van der Waals surface area contributed by atoms with Crippen molar-refractivity contribution in [3.8, 4) is 0 Å². The van der Waals surface area contributed by atoms with Gasteiger partial charge in [0.1, 0.15) is 16.8 Å². The number of benzene rings is 1. The van der Waals surface area contributed by atoms with Gasteiger partial charge >= 0.3 is 0 Å². The van der Waals surface area contributed by atoms with Gasteiger partial charge in [-0.3, -0.25) is 4.99 Å². The third kappa shape index (κ3) is 6.31. The first-order valence-corrected chi connectivity index (χ1v) is 8.53. The molecule has 0 aliphatic carbocycles. The van der Waals surface area contributed by atoms with E-state index in [0.29, 0.717) is 24.2 Å². The Morgan fingerprint density at radius 3 is 2.52 bits per heavy atom. The van der Waals surface area contributed by atoms with Crippen LogP contribution in [0.2, 0.25) is 5.15 Å². The average molecular weight is 367 g/mol. The number of rotatable bonds is 7. The number of nitrogens with zero attached hydrogens (tertiary/aromatic N) is 2. The summed E-state index contributed by atoms with van der Waals surface area (Å²) in [7, 11) is 0. The zero-order chi connectivity index (χ0) is 18.1. The van der Waals surface area contributed by atoms with Crippen molar-refractivity contribution >= 4 is 17.6 Å². The normalized spacial score (nSPS) is 11.4. The van der Waals surface area contributed by atoms with E-state index in [1.807, 2.05) is 13.0 Å². The van der Waals surface area contributed by atoms with Crippen molar-refractivity contribution < 1.29 is 8.78 Å². The van der Waals surface area contributed by atoms with Gasteiger partial charge in [-0.2, -0.15) is 0 Å². The van der Waals surface area contributed by atoms with Gasteiger partial charge in [0, 0.05) is 31.4 Å². The molecule has 0 amide bonds. The van der Waals surface area contributed by atoms with Crippen LogP contribution in [0.4, 0.5) is 8.78 Å². The molecule has 0 fully saturated rings. The number of guanidine groups is 1. The van der Waals surface area contributed by atoms with Crippen LogP contribution in [-0.2, 0) is 12.8 Å². The van der Waals surface area contributed by atoms with Crippen molar-refractivity contribution in [3.63, 3.8) is 0 Å². The Labute approximate surface area is 151 Å². The zero-order valence-electron chi connectivity index (χ0n) is 14.0. The molecule has 0 spiro atoms. The van der Waals surface area contributed by atoms with E-state index in [-0.39, 0.29) is 18.5 Å². The SMILES string of the molecule is CCNC(=NCCc1c(F)cccc1F)NCCc1ccc(Cl)nc1. The number of hydrogen-bond donors (Lipinski definition) is 2. The van der Waals surface area contributed by atoms with Crippen LogP contribution in [0.5, 0.6) is 0 Å². The number of hydrogen-bond acceptors (Lipinski definition) is 2. The lowest BCUT2D eigenvalue weighted by Gasteiger charge is -2.11. The van der Waals surface area contributed by atoms with E-state index in [4.69, 9.17) is 11.6 Å². The number of aromatic nitrogens is 1. The molecule has 0 aliphatic rings. The fourth-order valence-electron chi connectivity index (χ4n) is 2.27. The lowest BCUT2D eigenvalue weighted by atomic mass is 10.1. The van der Waals surface area contributed by atoms with Crippen LogP contribution in [0.25, 0.3) is 0 Å². The summed E-state index contributed by atoms with van der Waals surface area (Å²) in [6.45, 7) is 3.60. The lowest BCUT2D eigenvalue weighted by molar-refractivity contribution is 0.555. The number of halogens is 3. The van der Waals surface area contributed by atoms with Crippen molar-refractivity contribution in [2.75, 3.05) is 19.6 Å². The second-order valence-corrected chi connectivity index (χ2v) is 5.76. The summed E-state index contributed by atoms with van der Waals surface area (Å²) in [5.41, 5.74) is 1.12. The lowest BCUT2D eigenvalue weighted by Crippen LogP contribution is -2.38. The molecular weight excluding hydrogens is 346 g/mol. The van der Waals surface area contributed by atoms with Gasteiger partial charge in [0.05, 0.1) is 0 Å². The molecule has 0 saturated carbocycles. The second-order valence-electron chi connectivity index (χ2n) is 5.38. The molecule has 0 saturated heterocycles. The molecule has 2 N–H and O–H groups in total. The molecule has 2 aromatic rings. The predicted octanol–water partition coefficient (Wildman–Crippen LogP) is 3.35. The molecule has 134 valence electrons. The molecule has 0 aliphatic heterocycles. The van der Waals surface area contributed by atoms with Gasteiger partial charge in [-0.25, -0.2) is 13.8 Å². The molecule has 1 aromatic carbocycles. The maximum absolute atomic E-state index is 13.6. The third-order valence-electron chi connectivity index (χ3n) is 3.53. The molecule has 0 atom stereocenters. The fraction of sp³-hybridized carbons (Fsp3) is 0.333. The number of pyridine rings is 1. The monoisotopic (exact) mass is 366 g/mol. The molecule has 0 unspecified atom stereocenters. The van der Waals surface area contributed by atoms with Crippen molar-refractivity contribution in [1.29, 1.82) is 0 Å². The van der Waals surface area contributed by atoms with Gasteiger partial charge in [-0.1, -0.05) is 23.7 Å². The molecule has 0 bridgehead atoms. The topological polar surface area (TPSA) is 49.3 Å². The molecule has 0 radical (unpaired) electrons. The van der Waals surface area contributed by atoms with Gasteiger partial charge < -0.3 is 10.6 Å². The Hall–Kier alpha value is -2.21. The first-order chi connectivity index (χ1) is 12.1. The van der Waals surface area contributed by atoms with Gasteiger partial charge in [-0.15, -0.1) is 0 Å². The maximum atomic E-state index is 13.6. The Balaban J connectivity index is 1.86. The summed E-state index contributed by atoms with van der Waals surface area (Å²) in [6.07, 6.45) is 2.70. The van der Waals surface area contributed by atoms with Crippen molar-refractivity contribution in [3.05, 3.63) is 64.4 Å². The quantitative estimate of drug-likeness (QED) is 0.449. The summed E-state index contributed by atoms with van der Waals surface area (Å²) in [6, 6.07) is 7.54. The largest absolute Gasteiger partial charge is 0.357 e. The highest BCUT2D eigenvalue weighted by molar-refractivity contribution is 6.29. The van der Waals surface area contributed by atoms with Gasteiger partial charge in [-0.05, 0) is 43.5 Å². The Kier molecular flexibility index (Phi) is 7.60. The zero-order valence-corrected chi connectivity index (χ0v) is 14.8. The molecular formula is C18H21ClF2N4. The van der Waals surface area contributed by atoms with Crippen LogP contribution in [-0.4, -0.2) is 30.6 Å². The molecule has 1 heterocycles. The summed E-state index contributed by atoms with van der Waals surface area (Å²) >= 11 is 5.76. The van der Waals surface area contributed by atoms with Crippen LogP contribution in [0, 0.1) is 11.6 Å². The van der Waals surface area contributed by atoms with Gasteiger partial charge in [0.15, 0.2) is 5.96 Å². The van der Waals surface area contributed by atoms with Crippen LogP contribution < -0.4 is 10.6 Å². The summed E-state index contributed by atoms with van der Waals surface area (Å²) in [5, 5.41) is 6.76. The Bertz CT molecular complexity index is 684. The first kappa shape index (κ1) is 19.1. The Morgan fingerprint density at radius 1 is 1.12 bits per heavy atom. The predicted molar refractivity (Wildman–Crippen MR) is 97.0 cm³/mol. The molecule has 2 rings (SSSR count). The number of aliphatic imine (C=N–C) groups is 1. The van der Waals surface area contributed by atoms with E-state index < -0.39 is 11.6 Å². The molecule has 1 aromatic heterocycles. The van der Waals surface area contributed by atoms with E-state index in [0.717, 1.165) is 12.0 Å². The average Bonchev–Trinajstić information content (AvgIpc) is 2.59. The molecule has 4 nitrogen and oxygen atoms in total. The van der Waals surface area contributed by atoms with Crippen molar-refractivity contribution in [2.45, 2.75) is 19.8 Å². The fourth-order valence-corrected chi connectivity index (χ4v) is 2.38. The highest BCUT2D eigenvalue weighted by Gasteiger charge is 2.07. The maximum Gasteiger partial charge on any atom is 0.191 e. The summed E-state index contributed by atoms with van der Waals surface area (Å²) in [4.78, 5) is 8.39. The van der Waals surface area contributed by atoms with Crippen LogP contribution in [0.3, 0.4) is 0 Å².